The van der Waals surface area contributed by atoms with Crippen LogP contribution in [0, 0.1) is 6.92 Å². The number of carbonyl (C=O) groups excluding carboxylic acids is 1. The molecular formula is C19H25N3O2. The van der Waals surface area contributed by atoms with Crippen molar-refractivity contribution in [3.63, 3.8) is 0 Å². The van der Waals surface area contributed by atoms with E-state index in [1.54, 1.807) is 4.90 Å². The molecule has 2 amide bonds. The molecule has 1 aliphatic heterocycles. The van der Waals surface area contributed by atoms with Gasteiger partial charge in [-0.3, -0.25) is 0 Å². The third-order valence-corrected chi connectivity index (χ3v) is 5.52. The number of aromatic nitrogens is 1. The summed E-state index contributed by atoms with van der Waals surface area (Å²) in [6.45, 7) is 2.93. The van der Waals surface area contributed by atoms with Crippen LogP contribution in [0.15, 0.2) is 18.2 Å². The van der Waals surface area contributed by atoms with Crippen molar-refractivity contribution < 1.29 is 9.90 Å². The smallest absolute Gasteiger partial charge is 0.317 e. The van der Waals surface area contributed by atoms with Crippen molar-refractivity contribution >= 4 is 16.9 Å². The highest BCUT2D eigenvalue weighted by atomic mass is 16.3. The number of hydrogen-bond donors (Lipinski definition) is 3. The Balaban J connectivity index is 1.51. The van der Waals surface area contributed by atoms with E-state index in [1.807, 2.05) is 0 Å². The Morgan fingerprint density at radius 3 is 3.12 bits per heavy atom. The summed E-state index contributed by atoms with van der Waals surface area (Å²) in [7, 11) is 0. The topological polar surface area (TPSA) is 68.4 Å². The Labute approximate surface area is 142 Å². The van der Waals surface area contributed by atoms with E-state index in [9.17, 15) is 9.90 Å². The van der Waals surface area contributed by atoms with E-state index in [-0.39, 0.29) is 24.7 Å². The van der Waals surface area contributed by atoms with Crippen LogP contribution in [0.2, 0.25) is 0 Å². The number of benzene rings is 1. The van der Waals surface area contributed by atoms with Gasteiger partial charge in [-0.1, -0.05) is 11.6 Å². The molecule has 2 aliphatic rings. The van der Waals surface area contributed by atoms with Crippen LogP contribution < -0.4 is 5.32 Å². The summed E-state index contributed by atoms with van der Waals surface area (Å²) in [5.41, 5.74) is 5.12. The SMILES string of the molecule is Cc1ccc2[nH]c3c(c2c1)CC(NC(=O)N1CCC[C@@H]1CO)CC3. The van der Waals surface area contributed by atoms with Gasteiger partial charge >= 0.3 is 6.03 Å². The molecule has 1 fully saturated rings. The van der Waals surface area contributed by atoms with Crippen LogP contribution in [-0.2, 0) is 12.8 Å². The van der Waals surface area contributed by atoms with E-state index in [0.29, 0.717) is 0 Å². The minimum absolute atomic E-state index is 0.0140. The van der Waals surface area contributed by atoms with Crippen molar-refractivity contribution in [1.29, 1.82) is 0 Å². The molecule has 1 aromatic heterocycles. The van der Waals surface area contributed by atoms with Crippen molar-refractivity contribution in [2.24, 2.45) is 0 Å². The lowest BCUT2D eigenvalue weighted by atomic mass is 9.91. The number of aromatic amines is 1. The molecule has 4 rings (SSSR count). The lowest BCUT2D eigenvalue weighted by Crippen LogP contribution is -2.49. The maximum atomic E-state index is 12.5. The number of aliphatic hydroxyl groups is 1. The van der Waals surface area contributed by atoms with Crippen molar-refractivity contribution in [2.75, 3.05) is 13.2 Å². The summed E-state index contributed by atoms with van der Waals surface area (Å²) in [5, 5.41) is 13.9. The summed E-state index contributed by atoms with van der Waals surface area (Å²) >= 11 is 0. The summed E-state index contributed by atoms with van der Waals surface area (Å²) in [4.78, 5) is 17.9. The zero-order valence-electron chi connectivity index (χ0n) is 14.1. The average Bonchev–Trinajstić information content (AvgIpc) is 3.19. The number of hydrogen-bond acceptors (Lipinski definition) is 2. The summed E-state index contributed by atoms with van der Waals surface area (Å²) in [6.07, 6.45) is 4.69. The second kappa shape index (κ2) is 6.13. The van der Waals surface area contributed by atoms with Crippen LogP contribution in [0.4, 0.5) is 4.79 Å². The maximum Gasteiger partial charge on any atom is 0.317 e. The molecule has 1 unspecified atom stereocenters. The minimum atomic E-state index is -0.0176. The van der Waals surface area contributed by atoms with Gasteiger partial charge in [0.1, 0.15) is 0 Å². The van der Waals surface area contributed by atoms with Gasteiger partial charge in [0.25, 0.3) is 0 Å². The number of aliphatic hydroxyl groups excluding tert-OH is 1. The number of nitrogens with zero attached hydrogens (tertiary/aromatic N) is 1. The zero-order chi connectivity index (χ0) is 16.7. The molecule has 1 aromatic carbocycles. The number of carbonyl (C=O) groups is 1. The fourth-order valence-electron chi connectivity index (χ4n) is 4.20. The zero-order valence-corrected chi connectivity index (χ0v) is 14.1. The van der Waals surface area contributed by atoms with Crippen molar-refractivity contribution in [3.05, 3.63) is 35.0 Å². The monoisotopic (exact) mass is 327 g/mol. The first-order chi connectivity index (χ1) is 11.7. The van der Waals surface area contributed by atoms with E-state index >= 15 is 0 Å². The summed E-state index contributed by atoms with van der Waals surface area (Å²) in [6, 6.07) is 6.65. The van der Waals surface area contributed by atoms with E-state index < -0.39 is 0 Å². The molecule has 24 heavy (non-hydrogen) atoms. The molecule has 1 saturated heterocycles. The molecular weight excluding hydrogens is 302 g/mol. The molecule has 1 aliphatic carbocycles. The molecule has 0 radical (unpaired) electrons. The van der Waals surface area contributed by atoms with Gasteiger partial charge in [-0.25, -0.2) is 4.79 Å². The second-order valence-corrected chi connectivity index (χ2v) is 7.19. The van der Waals surface area contributed by atoms with Gasteiger partial charge in [0, 0.05) is 29.2 Å². The molecule has 128 valence electrons. The number of rotatable bonds is 2. The van der Waals surface area contributed by atoms with Crippen molar-refractivity contribution in [1.82, 2.24) is 15.2 Å². The van der Waals surface area contributed by atoms with Gasteiger partial charge in [0.05, 0.1) is 12.6 Å². The van der Waals surface area contributed by atoms with Crippen LogP contribution in [-0.4, -0.2) is 46.3 Å². The highest BCUT2D eigenvalue weighted by Crippen LogP contribution is 2.30. The fraction of sp³-hybridized carbons (Fsp3) is 0.526. The lowest BCUT2D eigenvalue weighted by Gasteiger charge is -2.29. The fourth-order valence-corrected chi connectivity index (χ4v) is 4.20. The highest BCUT2D eigenvalue weighted by Gasteiger charge is 2.30. The van der Waals surface area contributed by atoms with Gasteiger partial charge in [-0.15, -0.1) is 0 Å². The number of aryl methyl sites for hydroxylation is 2. The lowest BCUT2D eigenvalue weighted by molar-refractivity contribution is 0.154. The van der Waals surface area contributed by atoms with E-state index in [0.717, 1.165) is 38.6 Å². The Morgan fingerprint density at radius 1 is 1.42 bits per heavy atom. The molecule has 5 nitrogen and oxygen atoms in total. The van der Waals surface area contributed by atoms with Gasteiger partial charge < -0.3 is 20.3 Å². The number of urea groups is 1. The van der Waals surface area contributed by atoms with Crippen LogP contribution in [0.5, 0.6) is 0 Å². The van der Waals surface area contributed by atoms with Crippen molar-refractivity contribution in [3.8, 4) is 0 Å². The molecule has 0 bridgehead atoms. The quantitative estimate of drug-likeness (QED) is 0.793. The molecule has 3 N–H and O–H groups in total. The van der Waals surface area contributed by atoms with E-state index in [4.69, 9.17) is 0 Å². The highest BCUT2D eigenvalue weighted by molar-refractivity contribution is 5.86. The predicted molar refractivity (Wildman–Crippen MR) is 94.2 cm³/mol. The predicted octanol–water partition coefficient (Wildman–Crippen LogP) is 2.50. The van der Waals surface area contributed by atoms with Crippen LogP contribution in [0.1, 0.15) is 36.1 Å². The van der Waals surface area contributed by atoms with Crippen molar-refractivity contribution in [2.45, 2.75) is 51.1 Å². The molecule has 2 aromatic rings. The maximum absolute atomic E-state index is 12.5. The molecule has 0 saturated carbocycles. The van der Waals surface area contributed by atoms with E-state index in [2.05, 4.69) is 35.4 Å². The number of nitrogens with one attached hydrogen (secondary N) is 2. The number of H-pyrrole nitrogens is 1. The number of amides is 2. The van der Waals surface area contributed by atoms with Gasteiger partial charge in [0.2, 0.25) is 0 Å². The first-order valence-corrected chi connectivity index (χ1v) is 8.94. The third kappa shape index (κ3) is 2.67. The molecule has 5 heteroatoms. The van der Waals surface area contributed by atoms with Crippen LogP contribution in [0.25, 0.3) is 10.9 Å². The Morgan fingerprint density at radius 2 is 2.29 bits per heavy atom. The molecule has 2 atom stereocenters. The Bertz CT molecular complexity index is 767. The van der Waals surface area contributed by atoms with Gasteiger partial charge in [0.15, 0.2) is 0 Å². The first-order valence-electron chi connectivity index (χ1n) is 8.94. The number of likely N-dealkylation sites (tertiary alicyclic amines) is 1. The standard InChI is InChI=1S/C19H25N3O2/c1-12-4-6-17-15(9-12)16-10-13(5-7-18(16)21-17)20-19(24)22-8-2-3-14(22)11-23/h4,6,9,13-14,21,23H,2-3,5,7-8,10-11H2,1H3,(H,20,24)/t13?,14-/m1/s1. The summed E-state index contributed by atoms with van der Waals surface area (Å²) in [5.74, 6) is 0. The molecule has 2 heterocycles. The van der Waals surface area contributed by atoms with Gasteiger partial charge in [-0.05, 0) is 56.7 Å². The van der Waals surface area contributed by atoms with Crippen LogP contribution >= 0.6 is 0 Å². The Hall–Kier alpha value is -2.01. The number of fused-ring (bicyclic) bond motifs is 3. The second-order valence-electron chi connectivity index (χ2n) is 7.19. The van der Waals surface area contributed by atoms with Crippen LogP contribution in [0.3, 0.4) is 0 Å². The molecule has 0 spiro atoms. The normalized spacial score (nSPS) is 23.5. The first kappa shape index (κ1) is 15.5. The van der Waals surface area contributed by atoms with Gasteiger partial charge in [-0.2, -0.15) is 0 Å². The largest absolute Gasteiger partial charge is 0.394 e. The minimum Gasteiger partial charge on any atom is -0.394 e. The third-order valence-electron chi connectivity index (χ3n) is 5.52. The average molecular weight is 327 g/mol. The Kier molecular flexibility index (Phi) is 3.96. The van der Waals surface area contributed by atoms with E-state index in [1.165, 1.54) is 27.7 Å². The summed E-state index contributed by atoms with van der Waals surface area (Å²) < 4.78 is 0.